The molecule has 15 N–H and O–H groups in total. The maximum absolute atomic E-state index is 18.1. The number of imide groups is 1. The van der Waals surface area contributed by atoms with Crippen molar-refractivity contribution < 1.29 is 130 Å². The molecule has 20 atom stereocenters. The van der Waals surface area contributed by atoms with Crippen LogP contribution >= 0.6 is 0 Å². The second-order valence-corrected chi connectivity index (χ2v) is 33.6. The molecule has 10 rings (SSSR count). The molecule has 0 radical (unpaired) electrons. The number of carbonyl (C=O) groups is 11. The minimum Gasteiger partial charge on any atom is -0.445 e. The third kappa shape index (κ3) is 22.5. The quantitative estimate of drug-likeness (QED) is 0.0328. The first-order valence-electron chi connectivity index (χ1n) is 42.5. The maximum Gasteiger partial charge on any atom is 0.407 e. The third-order valence-electron chi connectivity index (χ3n) is 25.1. The number of rotatable bonds is 45. The lowest BCUT2D eigenvalue weighted by atomic mass is 9.44. The molecule has 121 heavy (non-hydrogen) atoms. The fourth-order valence-electron chi connectivity index (χ4n) is 18.6. The summed E-state index contributed by atoms with van der Waals surface area (Å²) in [7, 11) is 0. The van der Waals surface area contributed by atoms with Gasteiger partial charge in [-0.05, 0) is 131 Å². The number of halogens is 2. The van der Waals surface area contributed by atoms with Gasteiger partial charge in [0.2, 0.25) is 35.4 Å². The summed E-state index contributed by atoms with van der Waals surface area (Å²) in [5.74, 6) is -8.07. The molecular weight excluding hydrogens is 1590 g/mol. The molecular formula is C83H123F2N11O25. The van der Waals surface area contributed by atoms with Crippen molar-refractivity contribution >= 4 is 70.6 Å². The molecule has 9 aliphatic rings. The Morgan fingerprint density at radius 2 is 1.50 bits per heavy atom. The van der Waals surface area contributed by atoms with Gasteiger partial charge in [-0.15, -0.1) is 5.53 Å². The number of Topliss-reactive ketones (excluding diaryl/α,β-unsaturated/α-hetero) is 2. The van der Waals surface area contributed by atoms with Gasteiger partial charge >= 0.3 is 12.1 Å². The van der Waals surface area contributed by atoms with Crippen LogP contribution in [0.3, 0.4) is 0 Å². The van der Waals surface area contributed by atoms with Crippen molar-refractivity contribution in [3.63, 3.8) is 0 Å². The van der Waals surface area contributed by atoms with Gasteiger partial charge in [-0.25, -0.2) is 18.4 Å². The number of ether oxygens (including phenoxy) is 9. The molecule has 0 aromatic heterocycles. The molecule has 1 aromatic rings. The minimum atomic E-state index is -2.42. The number of alkyl carbamates (subject to hydrolysis) is 1. The van der Waals surface area contributed by atoms with E-state index >= 15 is 8.78 Å². The number of hydrogen-bond acceptors (Lipinski definition) is 28. The number of nitrogens with zero attached hydrogens (tertiary/aromatic N) is 2. The number of alkyl halides is 2. The van der Waals surface area contributed by atoms with Gasteiger partial charge in [0.05, 0.1) is 102 Å². The molecule has 38 heteroatoms. The number of hydrogen-bond donors (Lipinski definition) is 14. The average molecular weight is 1710 g/mol. The van der Waals surface area contributed by atoms with E-state index in [9.17, 15) is 78.3 Å². The van der Waals surface area contributed by atoms with Crippen LogP contribution in [0.5, 0.6) is 0 Å². The zero-order chi connectivity index (χ0) is 87.5. The number of aliphatic hydroxyl groups is 5. The van der Waals surface area contributed by atoms with Crippen LogP contribution < -0.4 is 48.6 Å². The molecule has 4 heterocycles. The van der Waals surface area contributed by atoms with Crippen molar-refractivity contribution in [1.82, 2.24) is 47.5 Å². The number of aliphatic hydroxyl groups excluding tert-OH is 5. The Labute approximate surface area is 702 Å². The zero-order valence-electron chi connectivity index (χ0n) is 69.8. The van der Waals surface area contributed by atoms with E-state index in [0.29, 0.717) is 49.1 Å². The van der Waals surface area contributed by atoms with Crippen molar-refractivity contribution in [2.24, 2.45) is 46.2 Å². The van der Waals surface area contributed by atoms with Crippen LogP contribution in [0.25, 0.3) is 0 Å². The fraction of sp³-hybridized carbons (Fsp3) is 0.723. The third-order valence-corrected chi connectivity index (χ3v) is 25.1. The Morgan fingerprint density at radius 3 is 2.17 bits per heavy atom. The summed E-state index contributed by atoms with van der Waals surface area (Å²) in [6, 6.07) is 3.01. The number of fused-ring (bicyclic) bond motifs is 7. The highest BCUT2D eigenvalue weighted by atomic mass is 19.1. The molecule has 0 bridgehead atoms. The number of amides is 9. The first-order chi connectivity index (χ1) is 57.8. The molecule has 674 valence electrons. The van der Waals surface area contributed by atoms with Crippen LogP contribution in [0.1, 0.15) is 163 Å². The predicted octanol–water partition coefficient (Wildman–Crippen LogP) is 2.10. The summed E-state index contributed by atoms with van der Waals surface area (Å²) >= 11 is 0. The first-order valence-corrected chi connectivity index (χ1v) is 42.5. The highest BCUT2D eigenvalue weighted by Gasteiger charge is 2.80. The summed E-state index contributed by atoms with van der Waals surface area (Å²) in [6.07, 6.45) is -5.78. The molecule has 3 saturated heterocycles. The number of primary amides is 1. The van der Waals surface area contributed by atoms with E-state index < -0.39 is 186 Å². The van der Waals surface area contributed by atoms with Crippen LogP contribution in [0.4, 0.5) is 24.1 Å². The number of likely N-dealkylation sites (tertiary alicyclic amines) is 1. The number of urea groups is 1. The molecule has 1 aromatic carbocycles. The second-order valence-electron chi connectivity index (χ2n) is 33.6. The molecule has 5 aliphatic carbocycles. The van der Waals surface area contributed by atoms with E-state index in [1.807, 2.05) is 6.92 Å². The Morgan fingerprint density at radius 1 is 0.793 bits per heavy atom. The van der Waals surface area contributed by atoms with Crippen LogP contribution in [0.15, 0.2) is 59.5 Å². The summed E-state index contributed by atoms with van der Waals surface area (Å²) in [5.41, 5.74) is 6.15. The molecule has 4 aliphatic heterocycles. The molecule has 6 fully saturated rings. The van der Waals surface area contributed by atoms with Gasteiger partial charge in [0, 0.05) is 66.6 Å². The number of anilines is 1. The lowest BCUT2D eigenvalue weighted by Gasteiger charge is -2.63. The monoisotopic (exact) mass is 1710 g/mol. The highest BCUT2D eigenvalue weighted by molar-refractivity contribution is 6.03. The highest BCUT2D eigenvalue weighted by Crippen LogP contribution is 2.72. The summed E-state index contributed by atoms with van der Waals surface area (Å²) < 4.78 is 87.2. The SMILES string of the molecule is CCCC1O[C@@H]2C[C@H]3[C@@H]4C[C@H](F)C5=CC(=O)C=C[C@]5(C)[C@@]4(F)[C@@H](O)C[C@]3(C)[C@]2(C(=O)CNC(=O)OCc2ccc(NC(=O)[C@H](CCCNC(N)=O)CC(=O)[C@@H](NC(=O)[C@@H](CCCCNC(=O)COC3CCCCCC4=C3NNN4[C@@H]3O[C@H](CO)[C@H](O)[C@H](O)[C@H]3O)NC(=O)CCOCCOCCOCCOCCN3C(=O)CC(C)C3=O)C(C)C)cc2)O1. The van der Waals surface area contributed by atoms with E-state index in [2.05, 4.69) is 42.9 Å². The number of benzene rings is 1. The van der Waals surface area contributed by atoms with Crippen molar-refractivity contribution in [3.8, 4) is 0 Å². The summed E-state index contributed by atoms with van der Waals surface area (Å²) in [4.78, 5) is 148. The Hall–Kier alpha value is -8.09. The van der Waals surface area contributed by atoms with Crippen molar-refractivity contribution in [3.05, 3.63) is 65.0 Å². The van der Waals surface area contributed by atoms with Gasteiger partial charge in [-0.2, -0.15) is 0 Å². The van der Waals surface area contributed by atoms with Crippen LogP contribution in [-0.4, -0.2) is 277 Å². The van der Waals surface area contributed by atoms with Gasteiger partial charge < -0.3 is 111 Å². The van der Waals surface area contributed by atoms with E-state index in [4.69, 9.17) is 48.4 Å². The number of nitrogens with two attached hydrogens (primary N) is 1. The lowest BCUT2D eigenvalue weighted by molar-refractivity contribution is -0.266. The second kappa shape index (κ2) is 43.5. The minimum absolute atomic E-state index is 0.0374. The molecule has 0 spiro atoms. The van der Waals surface area contributed by atoms with Gasteiger partial charge in [0.15, 0.2) is 41.1 Å². The Balaban J connectivity index is 0.714. The average Bonchev–Trinajstić information content (AvgIpc) is 1.52. The molecule has 3 unspecified atom stereocenters. The zero-order valence-corrected chi connectivity index (χ0v) is 69.8. The molecule has 3 saturated carbocycles. The number of ketones is 3. The number of allylic oxidation sites excluding steroid dienone is 5. The normalized spacial score (nSPS) is 30.6. The molecule has 9 amide bonds. The van der Waals surface area contributed by atoms with Crippen molar-refractivity contribution in [2.45, 2.75) is 248 Å². The molecule has 36 nitrogen and oxygen atoms in total. The number of unbranched alkanes of at least 4 members (excludes halogenated alkanes) is 1. The Kier molecular flexibility index (Phi) is 34.2. The topological polar surface area (TPSA) is 501 Å². The fourth-order valence-corrected chi connectivity index (χ4v) is 18.6. The summed E-state index contributed by atoms with van der Waals surface area (Å²) in [6.45, 7) is 10.1. The van der Waals surface area contributed by atoms with Crippen LogP contribution in [0.2, 0.25) is 0 Å². The van der Waals surface area contributed by atoms with Gasteiger partial charge in [0.25, 0.3) is 0 Å². The number of hydrazine groups is 2. The van der Waals surface area contributed by atoms with E-state index in [0.717, 1.165) is 25.3 Å². The standard InChI is InChI=1S/C83H123F2N11O25/c1-7-14-68-120-64-41-53-54-40-56(84)55-39-52(98)23-25-80(55,5)82(54,85)62(100)42-81(53,6)83(64,121-68)63(101)43-89-79(112)118-45-49-19-21-51(22-20-49)90-74(108)50(15-13-27-88-78(86)111)38-59(99)69(47(2)3)92-75(109)57(91-65(102)24-29-113-31-33-115-35-36-116-34-32-114-30-28-95-67(104)37-48(4)76(95)110)16-11-12-26-87-66(103)46-117-60-18-10-8-9-17-58-70(60)93-94-96(58)77-73(107)72(106)71(105)61(44-97)119-77/h19-23,25,39,47-48,50,53-54,56-57,60-62,64,68-69,71-73,77,93-94,97,100,105-107H,7-18,24,26-38,40-46H2,1-6H3,(H,87,103)(H,89,112)(H,90,108)(H,91,102)(H,92,109)(H3,86,88,111)/t48?,50-,53+,54+,56+,57-,60?,61-,62+,64-,68?,69+,71+,72+,73-,77-,80+,81+,82+,83-/m1/s1. The van der Waals surface area contributed by atoms with Crippen LogP contribution in [0, 0.1) is 40.4 Å². The van der Waals surface area contributed by atoms with Gasteiger partial charge in [-0.3, -0.25) is 53.1 Å². The van der Waals surface area contributed by atoms with E-state index in [-0.39, 0.29) is 179 Å². The van der Waals surface area contributed by atoms with Gasteiger partial charge in [-0.1, -0.05) is 72.1 Å². The smallest absolute Gasteiger partial charge is 0.407 e. The summed E-state index contributed by atoms with van der Waals surface area (Å²) in [5, 5.41) is 71.5. The number of nitrogens with one attached hydrogen (secondary N) is 8. The van der Waals surface area contributed by atoms with Crippen molar-refractivity contribution in [1.29, 1.82) is 0 Å². The first kappa shape index (κ1) is 95.1. The van der Waals surface area contributed by atoms with Crippen LogP contribution in [-0.2, 0) is 92.4 Å². The predicted molar refractivity (Wildman–Crippen MR) is 425 cm³/mol. The lowest BCUT2D eigenvalue weighted by Crippen LogP contribution is -2.71. The van der Waals surface area contributed by atoms with E-state index in [1.54, 1.807) is 39.8 Å². The number of carbonyl (C=O) groups excluding carboxylic acids is 11. The Bertz CT molecular complexity index is 3900. The van der Waals surface area contributed by atoms with E-state index in [1.165, 1.54) is 41.1 Å². The maximum atomic E-state index is 18.1. The largest absolute Gasteiger partial charge is 0.445 e. The van der Waals surface area contributed by atoms with Gasteiger partial charge in [0.1, 0.15) is 55.9 Å². The van der Waals surface area contributed by atoms with Crippen molar-refractivity contribution in [2.75, 3.05) is 97.6 Å².